The SMILES string of the molecule is CCCCCn1c(-c2ccc(CC)cc2)ccc(CC#N)c1=O. The fourth-order valence-electron chi connectivity index (χ4n) is 2.75. The molecule has 0 bridgehead atoms. The Labute approximate surface area is 138 Å². The Bertz CT molecular complexity index is 736. The molecule has 120 valence electrons. The molecule has 1 aromatic heterocycles. The molecule has 0 saturated heterocycles. The fraction of sp³-hybridized carbons (Fsp3) is 0.400. The number of hydrogen-bond acceptors (Lipinski definition) is 2. The Morgan fingerprint density at radius 3 is 2.39 bits per heavy atom. The van der Waals surface area contributed by atoms with Gasteiger partial charge in [-0.2, -0.15) is 5.26 Å². The quantitative estimate of drug-likeness (QED) is 0.714. The molecule has 0 radical (unpaired) electrons. The van der Waals surface area contributed by atoms with Crippen LogP contribution >= 0.6 is 0 Å². The van der Waals surface area contributed by atoms with Crippen LogP contribution < -0.4 is 5.56 Å². The zero-order chi connectivity index (χ0) is 16.7. The number of aromatic nitrogens is 1. The summed E-state index contributed by atoms with van der Waals surface area (Å²) < 4.78 is 1.84. The van der Waals surface area contributed by atoms with Crippen LogP contribution in [0.2, 0.25) is 0 Å². The number of benzene rings is 1. The van der Waals surface area contributed by atoms with E-state index in [1.165, 1.54) is 5.56 Å². The number of pyridine rings is 1. The summed E-state index contributed by atoms with van der Waals surface area (Å²) in [6, 6.07) is 14.2. The highest BCUT2D eigenvalue weighted by atomic mass is 16.1. The lowest BCUT2D eigenvalue weighted by atomic mass is 10.0. The average molecular weight is 308 g/mol. The molecule has 2 rings (SSSR count). The Morgan fingerprint density at radius 2 is 1.78 bits per heavy atom. The van der Waals surface area contributed by atoms with Crippen molar-refractivity contribution >= 4 is 0 Å². The van der Waals surface area contributed by atoms with Gasteiger partial charge in [-0.25, -0.2) is 0 Å². The van der Waals surface area contributed by atoms with Gasteiger partial charge in [-0.1, -0.05) is 57.0 Å². The highest BCUT2D eigenvalue weighted by molar-refractivity contribution is 5.60. The van der Waals surface area contributed by atoms with Crippen LogP contribution in [0.1, 0.15) is 44.2 Å². The molecule has 1 aromatic carbocycles. The molecule has 0 saturated carbocycles. The lowest BCUT2D eigenvalue weighted by Crippen LogP contribution is -2.25. The van der Waals surface area contributed by atoms with Crippen molar-refractivity contribution in [3.05, 3.63) is 57.9 Å². The molecule has 0 aliphatic rings. The minimum Gasteiger partial charge on any atom is -0.308 e. The van der Waals surface area contributed by atoms with E-state index in [4.69, 9.17) is 5.26 Å². The monoisotopic (exact) mass is 308 g/mol. The number of unbranched alkanes of at least 4 members (excludes halogenated alkanes) is 2. The summed E-state index contributed by atoms with van der Waals surface area (Å²) in [5.41, 5.74) is 3.84. The van der Waals surface area contributed by atoms with Crippen LogP contribution in [0.15, 0.2) is 41.2 Å². The number of aryl methyl sites for hydroxylation is 1. The molecule has 2 aromatic rings. The van der Waals surface area contributed by atoms with Crippen molar-refractivity contribution in [1.29, 1.82) is 5.26 Å². The van der Waals surface area contributed by atoms with Crippen LogP contribution in [0, 0.1) is 11.3 Å². The summed E-state index contributed by atoms with van der Waals surface area (Å²) in [5.74, 6) is 0. The lowest BCUT2D eigenvalue weighted by molar-refractivity contribution is 0.589. The molecule has 0 amide bonds. The van der Waals surface area contributed by atoms with Gasteiger partial charge in [-0.3, -0.25) is 4.79 Å². The minimum absolute atomic E-state index is 0.0280. The molecule has 0 spiro atoms. The Morgan fingerprint density at radius 1 is 1.04 bits per heavy atom. The number of hydrogen-bond donors (Lipinski definition) is 0. The van der Waals surface area contributed by atoms with Gasteiger partial charge in [-0.05, 0) is 30.0 Å². The molecule has 3 nitrogen and oxygen atoms in total. The van der Waals surface area contributed by atoms with Gasteiger partial charge in [0.15, 0.2) is 0 Å². The van der Waals surface area contributed by atoms with E-state index in [1.807, 2.05) is 10.6 Å². The van der Waals surface area contributed by atoms with E-state index in [-0.39, 0.29) is 12.0 Å². The van der Waals surface area contributed by atoms with Crippen molar-refractivity contribution in [3.63, 3.8) is 0 Å². The van der Waals surface area contributed by atoms with Crippen molar-refractivity contribution in [3.8, 4) is 17.3 Å². The van der Waals surface area contributed by atoms with Crippen LogP contribution in [-0.2, 0) is 19.4 Å². The van der Waals surface area contributed by atoms with E-state index in [1.54, 1.807) is 6.07 Å². The summed E-state index contributed by atoms with van der Waals surface area (Å²) in [4.78, 5) is 12.7. The van der Waals surface area contributed by atoms with E-state index in [2.05, 4.69) is 44.2 Å². The zero-order valence-electron chi connectivity index (χ0n) is 14.0. The van der Waals surface area contributed by atoms with Gasteiger partial charge >= 0.3 is 0 Å². The maximum Gasteiger partial charge on any atom is 0.255 e. The van der Waals surface area contributed by atoms with Crippen molar-refractivity contribution in [1.82, 2.24) is 4.57 Å². The smallest absolute Gasteiger partial charge is 0.255 e. The summed E-state index contributed by atoms with van der Waals surface area (Å²) in [5, 5.41) is 8.90. The lowest BCUT2D eigenvalue weighted by Gasteiger charge is -2.14. The van der Waals surface area contributed by atoms with Crippen molar-refractivity contribution in [2.24, 2.45) is 0 Å². The van der Waals surface area contributed by atoms with Gasteiger partial charge in [0.2, 0.25) is 0 Å². The van der Waals surface area contributed by atoms with Gasteiger partial charge in [0.05, 0.1) is 18.2 Å². The van der Waals surface area contributed by atoms with Crippen LogP contribution in [0.5, 0.6) is 0 Å². The Hall–Kier alpha value is -2.34. The molecule has 0 aliphatic carbocycles. The van der Waals surface area contributed by atoms with Gasteiger partial charge in [-0.15, -0.1) is 0 Å². The summed E-state index contributed by atoms with van der Waals surface area (Å²) >= 11 is 0. The molecule has 0 aliphatic heterocycles. The minimum atomic E-state index is -0.0280. The molecule has 1 heterocycles. The molecule has 0 atom stereocenters. The molecule has 3 heteroatoms. The Balaban J connectivity index is 2.45. The number of rotatable bonds is 7. The van der Waals surface area contributed by atoms with Crippen LogP contribution in [-0.4, -0.2) is 4.57 Å². The summed E-state index contributed by atoms with van der Waals surface area (Å²) in [6.45, 7) is 4.99. The summed E-state index contributed by atoms with van der Waals surface area (Å²) in [7, 11) is 0. The largest absolute Gasteiger partial charge is 0.308 e. The molecule has 23 heavy (non-hydrogen) atoms. The first-order chi connectivity index (χ1) is 11.2. The van der Waals surface area contributed by atoms with Crippen molar-refractivity contribution < 1.29 is 0 Å². The zero-order valence-corrected chi connectivity index (χ0v) is 14.0. The topological polar surface area (TPSA) is 45.8 Å². The predicted octanol–water partition coefficient (Wildman–Crippen LogP) is 4.33. The normalized spacial score (nSPS) is 10.5. The summed E-state index contributed by atoms with van der Waals surface area (Å²) in [6.07, 6.45) is 4.37. The fourth-order valence-corrected chi connectivity index (χ4v) is 2.75. The predicted molar refractivity (Wildman–Crippen MR) is 94.4 cm³/mol. The van der Waals surface area contributed by atoms with E-state index in [9.17, 15) is 4.79 Å². The molecule has 0 fully saturated rings. The molecule has 0 N–H and O–H groups in total. The average Bonchev–Trinajstić information content (AvgIpc) is 2.58. The van der Waals surface area contributed by atoms with Gasteiger partial charge in [0.25, 0.3) is 5.56 Å². The van der Waals surface area contributed by atoms with E-state index < -0.39 is 0 Å². The van der Waals surface area contributed by atoms with Crippen LogP contribution in [0.4, 0.5) is 0 Å². The second-order valence-corrected chi connectivity index (χ2v) is 5.79. The van der Waals surface area contributed by atoms with E-state index in [0.717, 1.165) is 36.9 Å². The molecule has 0 unspecified atom stereocenters. The standard InChI is InChI=1S/C20H24N2O/c1-3-5-6-15-22-19(12-11-18(13-14-21)20(22)23)17-9-7-16(4-2)8-10-17/h7-12H,3-6,13,15H2,1-2H3. The molecular formula is C20H24N2O. The first kappa shape index (κ1) is 17.0. The third-order valence-electron chi connectivity index (χ3n) is 4.17. The van der Waals surface area contributed by atoms with E-state index >= 15 is 0 Å². The van der Waals surface area contributed by atoms with Gasteiger partial charge < -0.3 is 4.57 Å². The van der Waals surface area contributed by atoms with Crippen LogP contribution in [0.3, 0.4) is 0 Å². The third kappa shape index (κ3) is 4.10. The second-order valence-electron chi connectivity index (χ2n) is 5.79. The van der Waals surface area contributed by atoms with Gasteiger partial charge in [0, 0.05) is 12.1 Å². The Kier molecular flexibility index (Phi) is 6.17. The number of nitrogens with zero attached hydrogens (tertiary/aromatic N) is 2. The van der Waals surface area contributed by atoms with E-state index in [0.29, 0.717) is 12.1 Å². The van der Waals surface area contributed by atoms with Crippen molar-refractivity contribution in [2.75, 3.05) is 0 Å². The maximum absolute atomic E-state index is 12.7. The third-order valence-corrected chi connectivity index (χ3v) is 4.17. The first-order valence-corrected chi connectivity index (χ1v) is 8.40. The maximum atomic E-state index is 12.7. The number of nitriles is 1. The molecular weight excluding hydrogens is 284 g/mol. The van der Waals surface area contributed by atoms with Gasteiger partial charge in [0.1, 0.15) is 0 Å². The first-order valence-electron chi connectivity index (χ1n) is 8.40. The van der Waals surface area contributed by atoms with Crippen LogP contribution in [0.25, 0.3) is 11.3 Å². The highest BCUT2D eigenvalue weighted by Crippen LogP contribution is 2.20. The highest BCUT2D eigenvalue weighted by Gasteiger charge is 2.10. The second kappa shape index (κ2) is 8.33. The van der Waals surface area contributed by atoms with Crippen molar-refractivity contribution in [2.45, 2.75) is 52.5 Å².